The number of methoxy groups -OCH3 is 1. The molecule has 0 aliphatic rings. The lowest BCUT2D eigenvalue weighted by molar-refractivity contribution is -0.140. The fourth-order valence-corrected chi connectivity index (χ4v) is 6.61. The van der Waals surface area contributed by atoms with E-state index in [2.05, 4.69) is 5.32 Å². The predicted molar refractivity (Wildman–Crippen MR) is 183 cm³/mol. The molecule has 0 aromatic heterocycles. The number of halogens is 1. The van der Waals surface area contributed by atoms with Crippen LogP contribution in [0.15, 0.2) is 102 Å². The highest BCUT2D eigenvalue weighted by molar-refractivity contribution is 7.92. The minimum absolute atomic E-state index is 0.0251. The highest BCUT2D eigenvalue weighted by Gasteiger charge is 2.35. The van der Waals surface area contributed by atoms with Gasteiger partial charge in [-0.3, -0.25) is 13.9 Å². The first kappa shape index (κ1) is 34.5. The van der Waals surface area contributed by atoms with Crippen LogP contribution in [0.3, 0.4) is 0 Å². The van der Waals surface area contributed by atoms with Crippen molar-refractivity contribution in [2.24, 2.45) is 0 Å². The first-order chi connectivity index (χ1) is 21.9. The highest BCUT2D eigenvalue weighted by Crippen LogP contribution is 2.34. The minimum atomic E-state index is -4.26. The molecule has 242 valence electrons. The third-order valence-electron chi connectivity index (χ3n) is 7.46. The van der Waals surface area contributed by atoms with Crippen LogP contribution < -0.4 is 14.4 Å². The predicted octanol–water partition coefficient (Wildman–Crippen LogP) is 6.33. The molecule has 8 nitrogen and oxygen atoms in total. The van der Waals surface area contributed by atoms with E-state index in [-0.39, 0.29) is 41.2 Å². The second kappa shape index (κ2) is 15.3. The largest absolute Gasteiger partial charge is 0.495 e. The third kappa shape index (κ3) is 8.68. The van der Waals surface area contributed by atoms with Crippen molar-refractivity contribution in [2.45, 2.75) is 57.6 Å². The summed E-state index contributed by atoms with van der Waals surface area (Å²) in [5.74, 6) is -0.618. The number of hydrogen-bond donors (Lipinski definition) is 1. The Kier molecular flexibility index (Phi) is 11.5. The van der Waals surface area contributed by atoms with Crippen molar-refractivity contribution in [1.82, 2.24) is 10.2 Å². The van der Waals surface area contributed by atoms with E-state index in [9.17, 15) is 18.0 Å². The number of benzene rings is 4. The fraction of sp³-hybridized carbons (Fsp3) is 0.278. The molecule has 0 spiro atoms. The lowest BCUT2D eigenvalue weighted by Gasteiger charge is -2.34. The summed E-state index contributed by atoms with van der Waals surface area (Å²) in [5.41, 5.74) is 3.47. The summed E-state index contributed by atoms with van der Waals surface area (Å²) in [6, 6.07) is 26.9. The van der Waals surface area contributed by atoms with Crippen molar-refractivity contribution in [3.63, 3.8) is 0 Å². The first-order valence-corrected chi connectivity index (χ1v) is 16.8. The molecule has 0 aliphatic heterocycles. The molecule has 0 aliphatic carbocycles. The molecule has 46 heavy (non-hydrogen) atoms. The van der Waals surface area contributed by atoms with E-state index in [1.54, 1.807) is 54.6 Å². The molecule has 0 saturated carbocycles. The topological polar surface area (TPSA) is 96.0 Å². The summed E-state index contributed by atoms with van der Waals surface area (Å²) >= 11 is 6.15. The lowest BCUT2D eigenvalue weighted by Crippen LogP contribution is -2.54. The standard InChI is InChI=1S/C36H40ClN3O5S/c1-25(2)38-36(42)33(22-28-9-7-6-8-10-28)39(23-29-14-16-30(37)17-15-29)35(41)24-40(32-21-27(4)13-20-34(32)45-5)46(43,44)31-18-11-26(3)12-19-31/h6-21,25,33H,22-24H2,1-5H3,(H,38,42)/t33-/m1/s1. The molecule has 0 fully saturated rings. The van der Waals surface area contributed by atoms with Crippen LogP contribution in [-0.2, 0) is 32.6 Å². The number of anilines is 1. The number of nitrogens with zero attached hydrogens (tertiary/aromatic N) is 2. The Labute approximate surface area is 277 Å². The molecule has 1 atom stereocenters. The monoisotopic (exact) mass is 661 g/mol. The second-order valence-corrected chi connectivity index (χ2v) is 13.8. The molecule has 0 saturated heterocycles. The van der Waals surface area contributed by atoms with E-state index < -0.39 is 28.5 Å². The van der Waals surface area contributed by atoms with E-state index in [0.717, 1.165) is 26.6 Å². The Morgan fingerprint density at radius 3 is 2.09 bits per heavy atom. The summed E-state index contributed by atoms with van der Waals surface area (Å²) in [6.07, 6.45) is 0.219. The van der Waals surface area contributed by atoms with E-state index in [1.165, 1.54) is 24.1 Å². The summed E-state index contributed by atoms with van der Waals surface area (Å²) in [7, 11) is -2.81. The number of rotatable bonds is 13. The maximum atomic E-state index is 14.6. The zero-order valence-electron chi connectivity index (χ0n) is 26.7. The van der Waals surface area contributed by atoms with Crippen LogP contribution in [0.4, 0.5) is 5.69 Å². The van der Waals surface area contributed by atoms with Gasteiger partial charge in [0.2, 0.25) is 11.8 Å². The molecular weight excluding hydrogens is 622 g/mol. The average molecular weight is 662 g/mol. The van der Waals surface area contributed by atoms with E-state index in [4.69, 9.17) is 16.3 Å². The molecule has 0 unspecified atom stereocenters. The second-order valence-electron chi connectivity index (χ2n) is 11.5. The van der Waals surface area contributed by atoms with Gasteiger partial charge in [0.05, 0.1) is 17.7 Å². The Balaban J connectivity index is 1.85. The lowest BCUT2D eigenvalue weighted by atomic mass is 10.0. The molecule has 4 aromatic carbocycles. The number of amides is 2. The van der Waals surface area contributed by atoms with Gasteiger partial charge in [-0.25, -0.2) is 8.42 Å². The zero-order chi connectivity index (χ0) is 33.4. The van der Waals surface area contributed by atoms with Gasteiger partial charge in [0, 0.05) is 24.0 Å². The van der Waals surface area contributed by atoms with Gasteiger partial charge in [-0.2, -0.15) is 0 Å². The zero-order valence-corrected chi connectivity index (χ0v) is 28.3. The van der Waals surface area contributed by atoms with Gasteiger partial charge >= 0.3 is 0 Å². The molecule has 4 aromatic rings. The first-order valence-electron chi connectivity index (χ1n) is 15.0. The summed E-state index contributed by atoms with van der Waals surface area (Å²) < 4.78 is 35.3. The number of sulfonamides is 1. The molecule has 1 N–H and O–H groups in total. The van der Waals surface area contributed by atoms with Crippen molar-refractivity contribution in [3.05, 3.63) is 124 Å². The highest BCUT2D eigenvalue weighted by atomic mass is 35.5. The summed E-state index contributed by atoms with van der Waals surface area (Å²) in [5, 5.41) is 3.49. The Morgan fingerprint density at radius 1 is 0.848 bits per heavy atom. The third-order valence-corrected chi connectivity index (χ3v) is 9.49. The van der Waals surface area contributed by atoms with E-state index >= 15 is 0 Å². The van der Waals surface area contributed by atoms with Crippen molar-refractivity contribution >= 4 is 39.1 Å². The van der Waals surface area contributed by atoms with E-state index in [0.29, 0.717) is 5.02 Å². The Morgan fingerprint density at radius 2 is 1.48 bits per heavy atom. The molecule has 10 heteroatoms. The van der Waals surface area contributed by atoms with Gasteiger partial charge in [-0.1, -0.05) is 77.8 Å². The van der Waals surface area contributed by atoms with Crippen LogP contribution in [0.2, 0.25) is 5.02 Å². The number of carbonyl (C=O) groups excluding carboxylic acids is 2. The van der Waals surface area contributed by atoms with Gasteiger partial charge in [-0.05, 0) is 80.8 Å². The molecule has 2 amide bonds. The van der Waals surface area contributed by atoms with Gasteiger partial charge in [0.1, 0.15) is 18.3 Å². The number of aryl methyl sites for hydroxylation is 2. The number of ether oxygens (including phenoxy) is 1. The van der Waals surface area contributed by atoms with Crippen LogP contribution in [-0.4, -0.2) is 50.9 Å². The Hall–Kier alpha value is -4.34. The molecule has 0 bridgehead atoms. The Bertz CT molecular complexity index is 1750. The van der Waals surface area contributed by atoms with E-state index in [1.807, 2.05) is 58.0 Å². The van der Waals surface area contributed by atoms with Crippen molar-refractivity contribution in [2.75, 3.05) is 18.0 Å². The van der Waals surface area contributed by atoms with Crippen molar-refractivity contribution in [1.29, 1.82) is 0 Å². The number of hydrogen-bond acceptors (Lipinski definition) is 5. The van der Waals surface area contributed by atoms with Crippen LogP contribution in [0.5, 0.6) is 5.75 Å². The fourth-order valence-electron chi connectivity index (χ4n) is 5.07. The van der Waals surface area contributed by atoms with Gasteiger partial charge < -0.3 is 15.0 Å². The molecule has 0 heterocycles. The molecule has 4 rings (SSSR count). The smallest absolute Gasteiger partial charge is 0.264 e. The van der Waals surface area contributed by atoms with Crippen molar-refractivity contribution in [3.8, 4) is 5.75 Å². The number of carbonyl (C=O) groups is 2. The van der Waals surface area contributed by atoms with Crippen LogP contribution in [0.25, 0.3) is 0 Å². The minimum Gasteiger partial charge on any atom is -0.495 e. The van der Waals surface area contributed by atoms with Gasteiger partial charge in [0.25, 0.3) is 10.0 Å². The maximum Gasteiger partial charge on any atom is 0.264 e. The van der Waals surface area contributed by atoms with Crippen molar-refractivity contribution < 1.29 is 22.7 Å². The van der Waals surface area contributed by atoms with Gasteiger partial charge in [0.15, 0.2) is 0 Å². The SMILES string of the molecule is COc1ccc(C)cc1N(CC(=O)N(Cc1ccc(Cl)cc1)[C@H](Cc1ccccc1)C(=O)NC(C)C)S(=O)(=O)c1ccc(C)cc1. The summed E-state index contributed by atoms with van der Waals surface area (Å²) in [4.78, 5) is 29.9. The van der Waals surface area contributed by atoms with Crippen LogP contribution in [0.1, 0.15) is 36.1 Å². The maximum absolute atomic E-state index is 14.6. The van der Waals surface area contributed by atoms with Crippen LogP contribution in [0, 0.1) is 13.8 Å². The average Bonchev–Trinajstić information content (AvgIpc) is 3.02. The quantitative estimate of drug-likeness (QED) is 0.181. The molecule has 0 radical (unpaired) electrons. The van der Waals surface area contributed by atoms with Gasteiger partial charge in [-0.15, -0.1) is 0 Å². The van der Waals surface area contributed by atoms with Crippen LogP contribution >= 0.6 is 11.6 Å². The molecular formula is C36H40ClN3O5S. The normalized spacial score (nSPS) is 12.0. The summed E-state index contributed by atoms with van der Waals surface area (Å²) in [6.45, 7) is 6.86. The number of nitrogens with one attached hydrogen (secondary N) is 1.